The van der Waals surface area contributed by atoms with Gasteiger partial charge in [0.1, 0.15) is 11.5 Å². The van der Waals surface area contributed by atoms with Gasteiger partial charge in [-0.2, -0.15) is 0 Å². The number of benzene rings is 1. The molecule has 0 unspecified atom stereocenters. The van der Waals surface area contributed by atoms with Gasteiger partial charge in [0.2, 0.25) is 0 Å². The number of halogens is 1. The van der Waals surface area contributed by atoms with Gasteiger partial charge in [0.25, 0.3) is 11.7 Å². The maximum absolute atomic E-state index is 13.3. The monoisotopic (exact) mass is 390 g/mol. The summed E-state index contributed by atoms with van der Waals surface area (Å²) < 4.78 is 18.4. The Morgan fingerprint density at radius 1 is 1.18 bits per heavy atom. The smallest absolute Gasteiger partial charge is 0.340 e. The van der Waals surface area contributed by atoms with E-state index >= 15 is 0 Å². The van der Waals surface area contributed by atoms with E-state index in [1.807, 2.05) is 14.1 Å². The summed E-state index contributed by atoms with van der Waals surface area (Å²) >= 11 is 0. The molecule has 0 aliphatic heterocycles. The molecule has 0 atom stereocenters. The molecule has 8 heteroatoms. The number of quaternary nitrogens is 1. The van der Waals surface area contributed by atoms with E-state index in [9.17, 15) is 18.8 Å². The molecular formula is C20H25FN3O4+. The molecule has 0 aliphatic rings. The summed E-state index contributed by atoms with van der Waals surface area (Å²) in [5, 5.41) is 2.58. The largest absolute Gasteiger partial charge is 0.462 e. The first-order valence-corrected chi connectivity index (χ1v) is 9.03. The summed E-state index contributed by atoms with van der Waals surface area (Å²) in [6.07, 6.45) is 0. The van der Waals surface area contributed by atoms with E-state index < -0.39 is 23.5 Å². The summed E-state index contributed by atoms with van der Waals surface area (Å²) in [7, 11) is 3.86. The standard InChI is InChI=1S/C20H24FN3O4/c1-5-28-20(27)15-12(2)23-17(16(15)13-6-8-14(21)9-7-13)18(25)19(26)22-10-11-24(3)4/h6-9,23H,5,10-11H2,1-4H3,(H,22,26)/p+1. The minimum Gasteiger partial charge on any atom is -0.462 e. The topological polar surface area (TPSA) is 92.7 Å². The fourth-order valence-corrected chi connectivity index (χ4v) is 2.78. The first-order valence-electron chi connectivity index (χ1n) is 9.03. The average molecular weight is 390 g/mol. The molecule has 0 fully saturated rings. The van der Waals surface area contributed by atoms with Gasteiger partial charge in [0.05, 0.1) is 39.4 Å². The number of carbonyl (C=O) groups is 3. The number of hydrogen-bond donors (Lipinski definition) is 3. The van der Waals surface area contributed by atoms with Gasteiger partial charge in [-0.3, -0.25) is 9.59 Å². The number of H-pyrrole nitrogens is 1. The zero-order valence-electron chi connectivity index (χ0n) is 16.4. The second-order valence-corrected chi connectivity index (χ2v) is 6.64. The highest BCUT2D eigenvalue weighted by Crippen LogP contribution is 2.31. The molecule has 0 radical (unpaired) electrons. The molecule has 1 aromatic heterocycles. The Labute approximate surface area is 162 Å². The third kappa shape index (κ3) is 4.83. The van der Waals surface area contributed by atoms with Crippen molar-refractivity contribution in [1.29, 1.82) is 0 Å². The van der Waals surface area contributed by atoms with Crippen LogP contribution in [0.25, 0.3) is 11.1 Å². The SMILES string of the molecule is CCOC(=O)c1c(C)[nH]c(C(=O)C(=O)NCC[NH+](C)C)c1-c1ccc(F)cc1. The summed E-state index contributed by atoms with van der Waals surface area (Å²) in [5.41, 5.74) is 1.19. The Kier molecular flexibility index (Phi) is 7.06. The molecule has 7 nitrogen and oxygen atoms in total. The third-order valence-electron chi connectivity index (χ3n) is 4.14. The molecular weight excluding hydrogens is 365 g/mol. The molecule has 0 spiro atoms. The lowest BCUT2D eigenvalue weighted by molar-refractivity contribution is -0.856. The molecule has 0 saturated carbocycles. The van der Waals surface area contributed by atoms with Crippen molar-refractivity contribution in [3.05, 3.63) is 47.0 Å². The van der Waals surface area contributed by atoms with Crippen molar-refractivity contribution >= 4 is 17.7 Å². The van der Waals surface area contributed by atoms with Gasteiger partial charge in [-0.05, 0) is 31.5 Å². The van der Waals surface area contributed by atoms with Crippen LogP contribution in [-0.4, -0.2) is 56.4 Å². The molecule has 1 heterocycles. The van der Waals surface area contributed by atoms with Gasteiger partial charge in [-0.1, -0.05) is 12.1 Å². The number of ether oxygens (including phenoxy) is 1. The van der Waals surface area contributed by atoms with Crippen molar-refractivity contribution in [2.45, 2.75) is 13.8 Å². The highest BCUT2D eigenvalue weighted by atomic mass is 19.1. The van der Waals surface area contributed by atoms with Crippen LogP contribution < -0.4 is 10.2 Å². The minimum atomic E-state index is -0.799. The second-order valence-electron chi connectivity index (χ2n) is 6.64. The Morgan fingerprint density at radius 3 is 2.39 bits per heavy atom. The van der Waals surface area contributed by atoms with Crippen molar-refractivity contribution in [2.24, 2.45) is 0 Å². The second kappa shape index (κ2) is 9.27. The average Bonchev–Trinajstić information content (AvgIpc) is 2.98. The van der Waals surface area contributed by atoms with E-state index in [4.69, 9.17) is 4.74 Å². The number of likely N-dealkylation sites (N-methyl/N-ethyl adjacent to an activating group) is 1. The zero-order valence-corrected chi connectivity index (χ0v) is 16.4. The van der Waals surface area contributed by atoms with Gasteiger partial charge < -0.3 is 19.9 Å². The van der Waals surface area contributed by atoms with Gasteiger partial charge in [-0.25, -0.2) is 9.18 Å². The van der Waals surface area contributed by atoms with Crippen molar-refractivity contribution in [2.75, 3.05) is 33.8 Å². The number of amides is 1. The number of esters is 1. The number of aromatic nitrogens is 1. The number of carbonyl (C=O) groups excluding carboxylic acids is 3. The van der Waals surface area contributed by atoms with Crippen LogP contribution in [0.3, 0.4) is 0 Å². The van der Waals surface area contributed by atoms with Crippen molar-refractivity contribution < 1.29 is 28.4 Å². The lowest BCUT2D eigenvalue weighted by atomic mass is 9.98. The van der Waals surface area contributed by atoms with Crippen LogP contribution >= 0.6 is 0 Å². The Hall–Kier alpha value is -3.00. The minimum absolute atomic E-state index is 0.0261. The molecule has 1 aromatic carbocycles. The van der Waals surface area contributed by atoms with Crippen molar-refractivity contribution in [3.8, 4) is 11.1 Å². The molecule has 1 amide bonds. The van der Waals surface area contributed by atoms with E-state index in [1.165, 1.54) is 24.3 Å². The molecule has 3 N–H and O–H groups in total. The van der Waals surface area contributed by atoms with Crippen LogP contribution in [0.5, 0.6) is 0 Å². The first kappa shape index (κ1) is 21.3. The lowest BCUT2D eigenvalue weighted by Crippen LogP contribution is -3.06. The predicted molar refractivity (Wildman–Crippen MR) is 102 cm³/mol. The van der Waals surface area contributed by atoms with E-state index in [0.717, 1.165) is 4.90 Å². The highest BCUT2D eigenvalue weighted by Gasteiger charge is 2.29. The fraction of sp³-hybridized carbons (Fsp3) is 0.350. The predicted octanol–water partition coefficient (Wildman–Crippen LogP) is 0.749. The van der Waals surface area contributed by atoms with E-state index in [0.29, 0.717) is 24.3 Å². The molecule has 28 heavy (non-hydrogen) atoms. The Morgan fingerprint density at radius 2 is 1.82 bits per heavy atom. The maximum Gasteiger partial charge on any atom is 0.340 e. The zero-order chi connectivity index (χ0) is 20.8. The van der Waals surface area contributed by atoms with Gasteiger partial charge in [0, 0.05) is 11.3 Å². The number of hydrogen-bond acceptors (Lipinski definition) is 4. The van der Waals surface area contributed by atoms with Crippen molar-refractivity contribution in [3.63, 3.8) is 0 Å². The molecule has 0 saturated heterocycles. The van der Waals surface area contributed by atoms with Crippen LogP contribution in [0.2, 0.25) is 0 Å². The van der Waals surface area contributed by atoms with Crippen LogP contribution in [0.15, 0.2) is 24.3 Å². The normalized spacial score (nSPS) is 10.8. The van der Waals surface area contributed by atoms with E-state index in [1.54, 1.807) is 13.8 Å². The number of nitrogens with one attached hydrogen (secondary N) is 3. The molecule has 150 valence electrons. The summed E-state index contributed by atoms with van der Waals surface area (Å²) in [5.74, 6) is -2.65. The number of rotatable bonds is 8. The van der Waals surface area contributed by atoms with Gasteiger partial charge >= 0.3 is 5.97 Å². The highest BCUT2D eigenvalue weighted by molar-refractivity contribution is 6.43. The van der Waals surface area contributed by atoms with Crippen molar-refractivity contribution in [1.82, 2.24) is 10.3 Å². The van der Waals surface area contributed by atoms with Gasteiger partial charge in [0.15, 0.2) is 0 Å². The number of ketones is 1. The summed E-state index contributed by atoms with van der Waals surface area (Å²) in [6, 6.07) is 5.34. The number of aryl methyl sites for hydroxylation is 1. The number of aromatic amines is 1. The maximum atomic E-state index is 13.3. The summed E-state index contributed by atoms with van der Waals surface area (Å²) in [4.78, 5) is 41.5. The lowest BCUT2D eigenvalue weighted by Gasteiger charge is -2.09. The van der Waals surface area contributed by atoms with Crippen LogP contribution in [0.4, 0.5) is 4.39 Å². The molecule has 0 aliphatic carbocycles. The third-order valence-corrected chi connectivity index (χ3v) is 4.14. The van der Waals surface area contributed by atoms with Crippen LogP contribution in [0.1, 0.15) is 33.5 Å². The quantitative estimate of drug-likeness (QED) is 0.352. The van der Waals surface area contributed by atoms with Gasteiger partial charge in [-0.15, -0.1) is 0 Å². The molecule has 2 aromatic rings. The van der Waals surface area contributed by atoms with Crippen LogP contribution in [0, 0.1) is 12.7 Å². The molecule has 2 rings (SSSR count). The number of Topliss-reactive ketones (excluding diaryl/α,β-unsaturated/α-hetero) is 1. The van der Waals surface area contributed by atoms with E-state index in [-0.39, 0.29) is 23.4 Å². The van der Waals surface area contributed by atoms with Crippen LogP contribution in [-0.2, 0) is 9.53 Å². The Bertz CT molecular complexity index is 872. The first-order chi connectivity index (χ1) is 13.3. The Balaban J connectivity index is 2.47. The summed E-state index contributed by atoms with van der Waals surface area (Å²) in [6.45, 7) is 4.43. The van der Waals surface area contributed by atoms with E-state index in [2.05, 4.69) is 10.3 Å². The fourth-order valence-electron chi connectivity index (χ4n) is 2.78. The molecule has 0 bridgehead atoms.